The highest BCUT2D eigenvalue weighted by molar-refractivity contribution is 7.10. The van der Waals surface area contributed by atoms with Crippen molar-refractivity contribution in [3.63, 3.8) is 0 Å². The highest BCUT2D eigenvalue weighted by Gasteiger charge is 2.12. The zero-order valence-corrected chi connectivity index (χ0v) is 12.2. The lowest BCUT2D eigenvalue weighted by molar-refractivity contribution is 1.18. The summed E-state index contributed by atoms with van der Waals surface area (Å²) in [7, 11) is 0. The van der Waals surface area contributed by atoms with Gasteiger partial charge in [-0.1, -0.05) is 31.7 Å². The van der Waals surface area contributed by atoms with Gasteiger partial charge in [-0.15, -0.1) is 11.3 Å². The third-order valence-electron chi connectivity index (χ3n) is 3.31. The molecule has 100 valence electrons. The number of aromatic amines is 1. The van der Waals surface area contributed by atoms with E-state index < -0.39 is 0 Å². The van der Waals surface area contributed by atoms with Gasteiger partial charge in [0.15, 0.2) is 0 Å². The molecule has 3 heterocycles. The van der Waals surface area contributed by atoms with E-state index in [1.807, 2.05) is 24.4 Å². The van der Waals surface area contributed by atoms with Crippen LogP contribution in [0.5, 0.6) is 0 Å². The Morgan fingerprint density at radius 2 is 2.35 bits per heavy atom. The van der Waals surface area contributed by atoms with Crippen molar-refractivity contribution >= 4 is 28.4 Å². The second kappa shape index (κ2) is 5.47. The summed E-state index contributed by atoms with van der Waals surface area (Å²) in [6.07, 6.45) is 8.79. The number of thiophene rings is 1. The van der Waals surface area contributed by atoms with Crippen LogP contribution in [0.25, 0.3) is 28.4 Å². The highest BCUT2D eigenvalue weighted by atomic mass is 32.1. The standard InChI is InChI=1S/C17H16N2S/c1-3-5-8-13-14(11-20-16(13)4-2)15-10-12-7-6-9-18-17(12)19-15/h3,5-11H,1,4H2,2H3,(H,18,19)/b8-5-. The maximum atomic E-state index is 4.36. The number of aryl methyl sites for hydroxylation is 1. The molecule has 3 aromatic rings. The van der Waals surface area contributed by atoms with Crippen LogP contribution in [0, 0.1) is 0 Å². The number of rotatable bonds is 4. The SMILES string of the molecule is C=C/C=C\c1c(-c2cc3cccnc3[nH]2)csc1CC. The molecule has 0 aliphatic carbocycles. The van der Waals surface area contributed by atoms with Crippen LogP contribution in [0.15, 0.2) is 48.5 Å². The molecule has 0 amide bonds. The Labute approximate surface area is 122 Å². The minimum atomic E-state index is 0.936. The highest BCUT2D eigenvalue weighted by Crippen LogP contribution is 2.34. The smallest absolute Gasteiger partial charge is 0.137 e. The van der Waals surface area contributed by atoms with Gasteiger partial charge in [0, 0.05) is 33.1 Å². The molecule has 2 nitrogen and oxygen atoms in total. The molecule has 0 aliphatic heterocycles. The van der Waals surface area contributed by atoms with Gasteiger partial charge in [0.1, 0.15) is 5.65 Å². The van der Waals surface area contributed by atoms with Gasteiger partial charge < -0.3 is 4.98 Å². The molecule has 0 unspecified atom stereocenters. The second-order valence-corrected chi connectivity index (χ2v) is 5.52. The number of nitrogens with zero attached hydrogens (tertiary/aromatic N) is 1. The molecule has 0 bridgehead atoms. The van der Waals surface area contributed by atoms with Crippen molar-refractivity contribution in [1.29, 1.82) is 0 Å². The maximum Gasteiger partial charge on any atom is 0.137 e. The molecule has 0 saturated heterocycles. The molecule has 20 heavy (non-hydrogen) atoms. The minimum absolute atomic E-state index is 0.936. The minimum Gasteiger partial charge on any atom is -0.339 e. The quantitative estimate of drug-likeness (QED) is 0.665. The molecule has 0 fully saturated rings. The maximum absolute atomic E-state index is 4.36. The lowest BCUT2D eigenvalue weighted by Crippen LogP contribution is -1.82. The molecule has 0 atom stereocenters. The van der Waals surface area contributed by atoms with E-state index in [-0.39, 0.29) is 0 Å². The fourth-order valence-corrected chi connectivity index (χ4v) is 3.33. The molecule has 0 saturated carbocycles. The fraction of sp³-hybridized carbons (Fsp3) is 0.118. The van der Waals surface area contributed by atoms with Gasteiger partial charge in [-0.05, 0) is 30.2 Å². The first-order valence-electron chi connectivity index (χ1n) is 6.67. The number of hydrogen-bond donors (Lipinski definition) is 1. The topological polar surface area (TPSA) is 28.7 Å². The molecule has 3 aromatic heterocycles. The zero-order chi connectivity index (χ0) is 13.9. The molecule has 3 heteroatoms. The number of H-pyrrole nitrogens is 1. The van der Waals surface area contributed by atoms with E-state index in [9.17, 15) is 0 Å². The van der Waals surface area contributed by atoms with Crippen molar-refractivity contribution < 1.29 is 0 Å². The predicted octanol–water partition coefficient (Wildman–Crippen LogP) is 5.05. The zero-order valence-electron chi connectivity index (χ0n) is 11.4. The molecule has 0 aliphatic rings. The summed E-state index contributed by atoms with van der Waals surface area (Å²) < 4.78 is 0. The number of aromatic nitrogens is 2. The summed E-state index contributed by atoms with van der Waals surface area (Å²) in [6.45, 7) is 5.94. The fourth-order valence-electron chi connectivity index (χ4n) is 2.34. The van der Waals surface area contributed by atoms with Crippen LogP contribution in [0.3, 0.4) is 0 Å². The Hall–Kier alpha value is -2.13. The summed E-state index contributed by atoms with van der Waals surface area (Å²) in [6, 6.07) is 6.20. The van der Waals surface area contributed by atoms with E-state index in [2.05, 4.69) is 47.1 Å². The summed E-state index contributed by atoms with van der Waals surface area (Å²) in [5, 5.41) is 3.36. The average Bonchev–Trinajstić information content (AvgIpc) is 3.07. The van der Waals surface area contributed by atoms with Crippen molar-refractivity contribution in [2.45, 2.75) is 13.3 Å². The summed E-state index contributed by atoms with van der Waals surface area (Å²) in [4.78, 5) is 9.16. The van der Waals surface area contributed by atoms with Crippen LogP contribution < -0.4 is 0 Å². The van der Waals surface area contributed by atoms with Crippen LogP contribution in [-0.2, 0) is 6.42 Å². The van der Waals surface area contributed by atoms with E-state index in [0.29, 0.717) is 0 Å². The van der Waals surface area contributed by atoms with Crippen molar-refractivity contribution in [1.82, 2.24) is 9.97 Å². The van der Waals surface area contributed by atoms with Gasteiger partial charge in [-0.25, -0.2) is 4.98 Å². The molecule has 0 spiro atoms. The third-order valence-corrected chi connectivity index (χ3v) is 4.46. The van der Waals surface area contributed by atoms with E-state index >= 15 is 0 Å². The van der Waals surface area contributed by atoms with Gasteiger partial charge in [-0.2, -0.15) is 0 Å². The first-order chi connectivity index (χ1) is 9.83. The summed E-state index contributed by atoms with van der Waals surface area (Å²) in [5.74, 6) is 0. The van der Waals surface area contributed by atoms with E-state index in [1.165, 1.54) is 16.0 Å². The van der Waals surface area contributed by atoms with Crippen LogP contribution in [0.4, 0.5) is 0 Å². The van der Waals surface area contributed by atoms with Gasteiger partial charge in [0.25, 0.3) is 0 Å². The number of nitrogens with one attached hydrogen (secondary N) is 1. The van der Waals surface area contributed by atoms with E-state index in [4.69, 9.17) is 0 Å². The molecule has 3 rings (SSSR count). The number of fused-ring (bicyclic) bond motifs is 1. The molecular weight excluding hydrogens is 264 g/mol. The van der Waals surface area contributed by atoms with Crippen molar-refractivity contribution in [2.75, 3.05) is 0 Å². The first-order valence-corrected chi connectivity index (χ1v) is 7.55. The molecular formula is C17H16N2S. The Bertz CT molecular complexity index is 744. The Morgan fingerprint density at radius 1 is 1.45 bits per heavy atom. The number of hydrogen-bond acceptors (Lipinski definition) is 2. The predicted molar refractivity (Wildman–Crippen MR) is 88.0 cm³/mol. The Morgan fingerprint density at radius 3 is 3.10 bits per heavy atom. The van der Waals surface area contributed by atoms with Gasteiger partial charge in [-0.3, -0.25) is 0 Å². The first kappa shape index (κ1) is 12.9. The summed E-state index contributed by atoms with van der Waals surface area (Å²) in [5.41, 5.74) is 4.58. The number of allylic oxidation sites excluding steroid dienone is 2. The van der Waals surface area contributed by atoms with Crippen molar-refractivity contribution in [2.24, 2.45) is 0 Å². The van der Waals surface area contributed by atoms with Crippen molar-refractivity contribution in [3.05, 3.63) is 58.9 Å². The van der Waals surface area contributed by atoms with Crippen LogP contribution >= 0.6 is 11.3 Å². The summed E-state index contributed by atoms with van der Waals surface area (Å²) >= 11 is 1.81. The third kappa shape index (κ3) is 2.21. The average molecular weight is 280 g/mol. The van der Waals surface area contributed by atoms with E-state index in [1.54, 1.807) is 11.3 Å². The Balaban J connectivity index is 2.15. The largest absolute Gasteiger partial charge is 0.339 e. The van der Waals surface area contributed by atoms with Gasteiger partial charge >= 0.3 is 0 Å². The van der Waals surface area contributed by atoms with Crippen molar-refractivity contribution in [3.8, 4) is 11.3 Å². The Kier molecular flexibility index (Phi) is 3.52. The van der Waals surface area contributed by atoms with E-state index in [0.717, 1.165) is 23.1 Å². The normalized spacial score (nSPS) is 11.4. The molecule has 0 aromatic carbocycles. The van der Waals surface area contributed by atoms with Gasteiger partial charge in [0.2, 0.25) is 0 Å². The number of pyridine rings is 1. The lowest BCUT2D eigenvalue weighted by Gasteiger charge is -1.99. The lowest BCUT2D eigenvalue weighted by atomic mass is 10.1. The van der Waals surface area contributed by atoms with Crippen LogP contribution in [0.2, 0.25) is 0 Å². The van der Waals surface area contributed by atoms with Crippen LogP contribution in [-0.4, -0.2) is 9.97 Å². The monoisotopic (exact) mass is 280 g/mol. The second-order valence-electron chi connectivity index (χ2n) is 4.56. The molecule has 1 N–H and O–H groups in total. The van der Waals surface area contributed by atoms with Crippen LogP contribution in [0.1, 0.15) is 17.4 Å². The van der Waals surface area contributed by atoms with Gasteiger partial charge in [0.05, 0.1) is 0 Å². The molecule has 0 radical (unpaired) electrons.